The third-order valence-corrected chi connectivity index (χ3v) is 5.14. The molecule has 0 aromatic heterocycles. The number of benzene rings is 2. The number of para-hydroxylation sites is 1. The van der Waals surface area contributed by atoms with Gasteiger partial charge in [-0.25, -0.2) is 9.59 Å². The van der Waals surface area contributed by atoms with E-state index < -0.39 is 17.7 Å². The van der Waals surface area contributed by atoms with Crippen LogP contribution in [-0.2, 0) is 27.2 Å². The molecule has 0 saturated heterocycles. The number of aryl methyl sites for hydroxylation is 1. The van der Waals surface area contributed by atoms with E-state index in [1.165, 1.54) is 0 Å². The van der Waals surface area contributed by atoms with Crippen molar-refractivity contribution in [3.63, 3.8) is 0 Å². The third kappa shape index (κ3) is 6.09. The Morgan fingerprint density at radius 2 is 1.75 bits per heavy atom. The molecule has 2 amide bonds. The molecular weight excluding hydrogens is 408 g/mol. The molecule has 3 rings (SSSR count). The minimum atomic E-state index is -0.567. The van der Waals surface area contributed by atoms with Gasteiger partial charge in [0.05, 0.1) is 5.56 Å². The van der Waals surface area contributed by atoms with Gasteiger partial charge in [0, 0.05) is 18.3 Å². The lowest BCUT2D eigenvalue weighted by molar-refractivity contribution is -0.122. The summed E-state index contributed by atoms with van der Waals surface area (Å²) in [7, 11) is 0. The first-order valence-electron chi connectivity index (χ1n) is 10.8. The van der Waals surface area contributed by atoms with Crippen LogP contribution in [0.25, 0.3) is 0 Å². The summed E-state index contributed by atoms with van der Waals surface area (Å²) in [5.74, 6) is -0.806. The van der Waals surface area contributed by atoms with E-state index in [1.54, 1.807) is 49.9 Å². The molecule has 2 aromatic rings. The Morgan fingerprint density at radius 1 is 1.06 bits per heavy atom. The first kappa shape index (κ1) is 23.3. The molecule has 1 aliphatic heterocycles. The van der Waals surface area contributed by atoms with Crippen molar-refractivity contribution in [1.82, 2.24) is 5.32 Å². The summed E-state index contributed by atoms with van der Waals surface area (Å²) < 4.78 is 10.5. The molecule has 2 aromatic carbocycles. The zero-order valence-electron chi connectivity index (χ0n) is 19.0. The number of carbonyl (C=O) groups excluding carboxylic acids is 3. The standard InChI is InChI=1S/C25H30N2O5/c1-17-9-12-19-7-5-6-8-21(19)27(17)22(28)16-31-23(29)20-13-10-18(11-14-20)15-26-24(30)32-25(2,3)4/h5-8,10-11,13-14,17H,9,12,15-16H2,1-4H3,(H,26,30). The number of alkyl carbamates (subject to hydrolysis) is 1. The van der Waals surface area contributed by atoms with Crippen molar-refractivity contribution in [2.45, 2.75) is 58.7 Å². The number of esters is 1. The monoisotopic (exact) mass is 438 g/mol. The van der Waals surface area contributed by atoms with Crippen molar-refractivity contribution in [3.05, 3.63) is 65.2 Å². The van der Waals surface area contributed by atoms with Gasteiger partial charge < -0.3 is 19.7 Å². The second-order valence-electron chi connectivity index (χ2n) is 8.91. The fourth-order valence-electron chi connectivity index (χ4n) is 3.60. The van der Waals surface area contributed by atoms with E-state index in [1.807, 2.05) is 31.2 Å². The zero-order valence-corrected chi connectivity index (χ0v) is 19.0. The summed E-state index contributed by atoms with van der Waals surface area (Å²) in [5, 5.41) is 2.67. The molecule has 7 nitrogen and oxygen atoms in total. The lowest BCUT2D eigenvalue weighted by atomic mass is 9.96. The number of ether oxygens (including phenoxy) is 2. The maximum Gasteiger partial charge on any atom is 0.407 e. The average molecular weight is 439 g/mol. The number of anilines is 1. The van der Waals surface area contributed by atoms with Crippen molar-refractivity contribution in [2.24, 2.45) is 0 Å². The Balaban J connectivity index is 1.53. The quantitative estimate of drug-likeness (QED) is 0.706. The van der Waals surface area contributed by atoms with Crippen molar-refractivity contribution < 1.29 is 23.9 Å². The Morgan fingerprint density at radius 3 is 2.44 bits per heavy atom. The van der Waals surface area contributed by atoms with Gasteiger partial charge in [-0.2, -0.15) is 0 Å². The lowest BCUT2D eigenvalue weighted by Crippen LogP contribution is -2.44. The molecule has 7 heteroatoms. The highest BCUT2D eigenvalue weighted by molar-refractivity contribution is 5.98. The van der Waals surface area contributed by atoms with Crippen LogP contribution in [0, 0.1) is 0 Å². The predicted octanol–water partition coefficient (Wildman–Crippen LogP) is 4.24. The van der Waals surface area contributed by atoms with Gasteiger partial charge in [-0.3, -0.25) is 4.79 Å². The summed E-state index contributed by atoms with van der Waals surface area (Å²) in [6.07, 6.45) is 1.29. The van der Waals surface area contributed by atoms with Gasteiger partial charge in [-0.05, 0) is 69.9 Å². The van der Waals surface area contributed by atoms with Crippen molar-refractivity contribution in [1.29, 1.82) is 0 Å². The molecular formula is C25H30N2O5. The number of rotatable bonds is 5. The molecule has 1 atom stereocenters. The fourth-order valence-corrected chi connectivity index (χ4v) is 3.60. The van der Waals surface area contributed by atoms with Crippen LogP contribution >= 0.6 is 0 Å². The van der Waals surface area contributed by atoms with Crippen molar-refractivity contribution in [2.75, 3.05) is 11.5 Å². The maximum absolute atomic E-state index is 12.8. The second-order valence-corrected chi connectivity index (χ2v) is 8.91. The molecule has 0 bridgehead atoms. The summed E-state index contributed by atoms with van der Waals surface area (Å²) in [6, 6.07) is 14.5. The number of fused-ring (bicyclic) bond motifs is 1. The minimum absolute atomic E-state index is 0.0489. The van der Waals surface area contributed by atoms with Crippen molar-refractivity contribution in [3.8, 4) is 0 Å². The molecule has 0 aliphatic carbocycles. The Kier molecular flexibility index (Phi) is 7.18. The van der Waals surface area contributed by atoms with E-state index in [0.29, 0.717) is 5.56 Å². The van der Waals surface area contributed by atoms with E-state index >= 15 is 0 Å². The molecule has 1 aliphatic rings. The molecule has 1 N–H and O–H groups in total. The first-order valence-corrected chi connectivity index (χ1v) is 10.8. The van der Waals surface area contributed by atoms with E-state index in [0.717, 1.165) is 29.7 Å². The molecule has 1 unspecified atom stereocenters. The highest BCUT2D eigenvalue weighted by Crippen LogP contribution is 2.30. The first-order chi connectivity index (χ1) is 15.1. The second kappa shape index (κ2) is 9.85. The highest BCUT2D eigenvalue weighted by Gasteiger charge is 2.28. The van der Waals surface area contributed by atoms with Crippen LogP contribution in [0.1, 0.15) is 55.6 Å². The fraction of sp³-hybridized carbons (Fsp3) is 0.400. The Bertz CT molecular complexity index is 979. The molecule has 1 heterocycles. The largest absolute Gasteiger partial charge is 0.452 e. The third-order valence-electron chi connectivity index (χ3n) is 5.14. The van der Waals surface area contributed by atoms with Gasteiger partial charge in [0.2, 0.25) is 0 Å². The van der Waals surface area contributed by atoms with E-state index in [9.17, 15) is 14.4 Å². The van der Waals surface area contributed by atoms with E-state index in [-0.39, 0.29) is 25.1 Å². The van der Waals surface area contributed by atoms with Gasteiger partial charge >= 0.3 is 12.1 Å². The van der Waals surface area contributed by atoms with Gasteiger partial charge in [-0.15, -0.1) is 0 Å². The Labute approximate surface area is 188 Å². The summed E-state index contributed by atoms with van der Waals surface area (Å²) in [4.78, 5) is 38.7. The number of nitrogens with zero attached hydrogens (tertiary/aromatic N) is 1. The van der Waals surface area contributed by atoms with Gasteiger partial charge in [0.1, 0.15) is 5.60 Å². The van der Waals surface area contributed by atoms with Gasteiger partial charge in [0.25, 0.3) is 5.91 Å². The smallest absolute Gasteiger partial charge is 0.407 e. The molecule has 0 saturated carbocycles. The number of hydrogen-bond donors (Lipinski definition) is 1. The molecule has 0 fully saturated rings. The van der Waals surface area contributed by atoms with Gasteiger partial charge in [0.15, 0.2) is 6.61 Å². The summed E-state index contributed by atoms with van der Waals surface area (Å²) in [5.41, 5.74) is 2.59. The number of carbonyl (C=O) groups is 3. The number of amides is 2. The van der Waals surface area contributed by atoms with Crippen LogP contribution in [0.5, 0.6) is 0 Å². The van der Waals surface area contributed by atoms with Crippen LogP contribution in [0.2, 0.25) is 0 Å². The molecule has 32 heavy (non-hydrogen) atoms. The lowest BCUT2D eigenvalue weighted by Gasteiger charge is -2.35. The predicted molar refractivity (Wildman–Crippen MR) is 122 cm³/mol. The molecule has 0 spiro atoms. The minimum Gasteiger partial charge on any atom is -0.452 e. The summed E-state index contributed by atoms with van der Waals surface area (Å²) >= 11 is 0. The van der Waals surface area contributed by atoms with Crippen molar-refractivity contribution >= 4 is 23.7 Å². The Hall–Kier alpha value is -3.35. The average Bonchev–Trinajstić information content (AvgIpc) is 2.75. The van der Waals surface area contributed by atoms with Crippen LogP contribution < -0.4 is 10.2 Å². The molecule has 170 valence electrons. The van der Waals surface area contributed by atoms with Crippen LogP contribution in [0.4, 0.5) is 10.5 Å². The maximum atomic E-state index is 12.8. The highest BCUT2D eigenvalue weighted by atomic mass is 16.6. The van der Waals surface area contributed by atoms with E-state index in [4.69, 9.17) is 9.47 Å². The van der Waals surface area contributed by atoms with E-state index in [2.05, 4.69) is 5.32 Å². The SMILES string of the molecule is CC1CCc2ccccc2N1C(=O)COC(=O)c1ccc(CNC(=O)OC(C)(C)C)cc1. The number of hydrogen-bond acceptors (Lipinski definition) is 5. The molecule has 0 radical (unpaired) electrons. The van der Waals surface area contributed by atoms with Crippen LogP contribution in [-0.4, -0.2) is 36.2 Å². The summed E-state index contributed by atoms with van der Waals surface area (Å²) in [6.45, 7) is 7.33. The van der Waals surface area contributed by atoms with Gasteiger partial charge in [-0.1, -0.05) is 30.3 Å². The topological polar surface area (TPSA) is 84.9 Å². The van der Waals surface area contributed by atoms with Crippen LogP contribution in [0.3, 0.4) is 0 Å². The van der Waals surface area contributed by atoms with Crippen LogP contribution in [0.15, 0.2) is 48.5 Å². The number of nitrogens with one attached hydrogen (secondary N) is 1. The normalized spacial score (nSPS) is 15.5. The zero-order chi connectivity index (χ0) is 23.3.